The average Bonchev–Trinajstić information content (AvgIpc) is 2.64. The number of nitrogens with zero attached hydrogens (tertiary/aromatic N) is 3. The predicted octanol–water partition coefficient (Wildman–Crippen LogP) is 0.621. The Balaban J connectivity index is 1.67. The number of rotatable bonds is 9. The first-order valence-corrected chi connectivity index (χ1v) is 10.3. The van der Waals surface area contributed by atoms with E-state index in [2.05, 4.69) is 41.2 Å². The van der Waals surface area contributed by atoms with Gasteiger partial charge in [-0.1, -0.05) is 13.8 Å². The van der Waals surface area contributed by atoms with Gasteiger partial charge in [-0.3, -0.25) is 14.8 Å². The summed E-state index contributed by atoms with van der Waals surface area (Å²) in [5.74, 6) is 1.60. The van der Waals surface area contributed by atoms with Crippen LogP contribution in [0, 0.1) is 5.92 Å². The number of aliphatic imine (C=N–C) groups is 1. The second kappa shape index (κ2) is 12.5. The Morgan fingerprint density at radius 2 is 1.88 bits per heavy atom. The van der Waals surface area contributed by atoms with Gasteiger partial charge in [-0.15, -0.1) is 0 Å². The molecule has 1 atom stereocenters. The van der Waals surface area contributed by atoms with E-state index >= 15 is 0 Å². The molecule has 7 heteroatoms. The normalized spacial score (nSPS) is 23.4. The Kier molecular flexibility index (Phi) is 10.3. The minimum absolute atomic E-state index is 0.200. The zero-order valence-corrected chi connectivity index (χ0v) is 17.0. The third kappa shape index (κ3) is 8.66. The SMILES string of the molecule is CCNC(=NCC1CN(CC(C)C)CCO1)NCCCN1CCOCC1. The fourth-order valence-corrected chi connectivity index (χ4v) is 3.44. The smallest absolute Gasteiger partial charge is 0.191 e. The summed E-state index contributed by atoms with van der Waals surface area (Å²) in [6.45, 7) is 18.1. The fraction of sp³-hybridized carbons (Fsp3) is 0.947. The minimum atomic E-state index is 0.200. The largest absolute Gasteiger partial charge is 0.379 e. The van der Waals surface area contributed by atoms with E-state index < -0.39 is 0 Å². The summed E-state index contributed by atoms with van der Waals surface area (Å²) in [6, 6.07) is 0. The van der Waals surface area contributed by atoms with Crippen LogP contribution >= 0.6 is 0 Å². The Bertz CT molecular complexity index is 399. The molecule has 0 aromatic rings. The molecule has 26 heavy (non-hydrogen) atoms. The van der Waals surface area contributed by atoms with E-state index in [9.17, 15) is 0 Å². The van der Waals surface area contributed by atoms with Gasteiger partial charge in [-0.05, 0) is 25.8 Å². The molecule has 0 aromatic heterocycles. The van der Waals surface area contributed by atoms with Gasteiger partial charge in [-0.25, -0.2) is 0 Å². The monoisotopic (exact) mass is 369 g/mol. The van der Waals surface area contributed by atoms with Crippen LogP contribution in [0.5, 0.6) is 0 Å². The van der Waals surface area contributed by atoms with E-state index in [1.165, 1.54) is 0 Å². The summed E-state index contributed by atoms with van der Waals surface area (Å²) in [7, 11) is 0. The first-order valence-electron chi connectivity index (χ1n) is 10.3. The molecule has 2 heterocycles. The maximum absolute atomic E-state index is 5.90. The van der Waals surface area contributed by atoms with Gasteiger partial charge in [0.15, 0.2) is 5.96 Å². The summed E-state index contributed by atoms with van der Waals surface area (Å²) in [6.07, 6.45) is 1.32. The summed E-state index contributed by atoms with van der Waals surface area (Å²) >= 11 is 0. The van der Waals surface area contributed by atoms with Gasteiger partial charge in [0.25, 0.3) is 0 Å². The average molecular weight is 370 g/mol. The Hall–Kier alpha value is -0.890. The van der Waals surface area contributed by atoms with Crippen molar-refractivity contribution in [1.82, 2.24) is 20.4 Å². The molecule has 2 rings (SSSR count). The van der Waals surface area contributed by atoms with Gasteiger partial charge in [0, 0.05) is 45.8 Å². The second-order valence-corrected chi connectivity index (χ2v) is 7.60. The van der Waals surface area contributed by atoms with Crippen molar-refractivity contribution in [1.29, 1.82) is 0 Å². The lowest BCUT2D eigenvalue weighted by molar-refractivity contribution is -0.0261. The van der Waals surface area contributed by atoms with Crippen molar-refractivity contribution >= 4 is 5.96 Å². The highest BCUT2D eigenvalue weighted by atomic mass is 16.5. The van der Waals surface area contributed by atoms with Crippen molar-refractivity contribution in [3.8, 4) is 0 Å². The number of morpholine rings is 2. The lowest BCUT2D eigenvalue weighted by Crippen LogP contribution is -2.46. The van der Waals surface area contributed by atoms with Gasteiger partial charge in [0.05, 0.1) is 32.5 Å². The molecule has 0 amide bonds. The first kappa shape index (κ1) is 21.4. The highest BCUT2D eigenvalue weighted by Gasteiger charge is 2.20. The second-order valence-electron chi connectivity index (χ2n) is 7.60. The maximum Gasteiger partial charge on any atom is 0.191 e. The van der Waals surface area contributed by atoms with Gasteiger partial charge < -0.3 is 20.1 Å². The topological polar surface area (TPSA) is 61.4 Å². The molecule has 7 nitrogen and oxygen atoms in total. The zero-order chi connectivity index (χ0) is 18.6. The van der Waals surface area contributed by atoms with Crippen molar-refractivity contribution in [2.24, 2.45) is 10.9 Å². The van der Waals surface area contributed by atoms with Crippen LogP contribution in [-0.4, -0.2) is 101 Å². The molecule has 1 unspecified atom stereocenters. The predicted molar refractivity (Wildman–Crippen MR) is 107 cm³/mol. The lowest BCUT2D eigenvalue weighted by Gasteiger charge is -2.33. The lowest BCUT2D eigenvalue weighted by atomic mass is 10.2. The van der Waals surface area contributed by atoms with Crippen LogP contribution in [0.4, 0.5) is 0 Å². The van der Waals surface area contributed by atoms with Crippen LogP contribution in [0.3, 0.4) is 0 Å². The molecular formula is C19H39N5O2. The van der Waals surface area contributed by atoms with Crippen molar-refractivity contribution in [3.05, 3.63) is 0 Å². The van der Waals surface area contributed by atoms with Crippen LogP contribution < -0.4 is 10.6 Å². The molecule has 0 saturated carbocycles. The summed E-state index contributed by atoms with van der Waals surface area (Å²) in [5.41, 5.74) is 0. The molecule has 2 fully saturated rings. The van der Waals surface area contributed by atoms with Gasteiger partial charge in [0.2, 0.25) is 0 Å². The molecule has 0 bridgehead atoms. The van der Waals surface area contributed by atoms with Crippen LogP contribution in [0.1, 0.15) is 27.2 Å². The Morgan fingerprint density at radius 3 is 2.62 bits per heavy atom. The Labute approximate surface area is 159 Å². The van der Waals surface area contributed by atoms with Crippen molar-refractivity contribution in [2.75, 3.05) is 78.7 Å². The highest BCUT2D eigenvalue weighted by Crippen LogP contribution is 2.08. The van der Waals surface area contributed by atoms with Crippen LogP contribution in [-0.2, 0) is 9.47 Å². The molecule has 0 aromatic carbocycles. The molecule has 152 valence electrons. The van der Waals surface area contributed by atoms with Crippen LogP contribution in [0.2, 0.25) is 0 Å². The number of hydrogen-bond donors (Lipinski definition) is 2. The van der Waals surface area contributed by atoms with Crippen molar-refractivity contribution in [3.63, 3.8) is 0 Å². The quantitative estimate of drug-likeness (QED) is 0.353. The third-order valence-corrected chi connectivity index (χ3v) is 4.69. The van der Waals surface area contributed by atoms with Gasteiger partial charge in [0.1, 0.15) is 0 Å². The molecule has 2 aliphatic rings. The third-order valence-electron chi connectivity index (χ3n) is 4.69. The number of nitrogens with one attached hydrogen (secondary N) is 2. The van der Waals surface area contributed by atoms with Crippen molar-refractivity contribution < 1.29 is 9.47 Å². The molecule has 0 aliphatic carbocycles. The van der Waals surface area contributed by atoms with Crippen molar-refractivity contribution in [2.45, 2.75) is 33.3 Å². The molecule has 2 N–H and O–H groups in total. The maximum atomic E-state index is 5.90. The number of ether oxygens (including phenoxy) is 2. The van der Waals surface area contributed by atoms with Crippen LogP contribution in [0.15, 0.2) is 4.99 Å². The van der Waals surface area contributed by atoms with E-state index in [4.69, 9.17) is 14.5 Å². The van der Waals surface area contributed by atoms with E-state index in [1.54, 1.807) is 0 Å². The molecule has 2 saturated heterocycles. The summed E-state index contributed by atoms with van der Waals surface area (Å²) in [4.78, 5) is 9.71. The molecule has 0 radical (unpaired) electrons. The number of guanidine groups is 1. The standard InChI is InChI=1S/C19H39N5O2/c1-4-20-19(21-6-5-7-23-8-11-25-12-9-23)22-14-18-16-24(10-13-26-18)15-17(2)3/h17-18H,4-16H2,1-3H3,(H2,20,21,22). The highest BCUT2D eigenvalue weighted by molar-refractivity contribution is 5.79. The molecule has 2 aliphatic heterocycles. The van der Waals surface area contributed by atoms with E-state index in [0.29, 0.717) is 12.5 Å². The van der Waals surface area contributed by atoms with Crippen LogP contribution in [0.25, 0.3) is 0 Å². The van der Waals surface area contributed by atoms with Gasteiger partial charge >= 0.3 is 0 Å². The molecular weight excluding hydrogens is 330 g/mol. The number of hydrogen-bond acceptors (Lipinski definition) is 5. The van der Waals surface area contributed by atoms with E-state index in [1.807, 2.05) is 0 Å². The Morgan fingerprint density at radius 1 is 1.12 bits per heavy atom. The first-order chi connectivity index (χ1) is 12.7. The summed E-state index contributed by atoms with van der Waals surface area (Å²) in [5, 5.41) is 6.80. The minimum Gasteiger partial charge on any atom is -0.379 e. The van der Waals surface area contributed by atoms with E-state index in [-0.39, 0.29) is 6.10 Å². The zero-order valence-electron chi connectivity index (χ0n) is 17.0. The fourth-order valence-electron chi connectivity index (χ4n) is 3.44. The summed E-state index contributed by atoms with van der Waals surface area (Å²) < 4.78 is 11.3. The van der Waals surface area contributed by atoms with Gasteiger partial charge in [-0.2, -0.15) is 0 Å². The molecule has 0 spiro atoms. The van der Waals surface area contributed by atoms with E-state index in [0.717, 1.165) is 84.6 Å².